The predicted molar refractivity (Wildman–Crippen MR) is 77.5 cm³/mol. The number of nitrogens with zero attached hydrogens (tertiary/aromatic N) is 1. The second-order valence-electron chi connectivity index (χ2n) is 4.48. The summed E-state index contributed by atoms with van der Waals surface area (Å²) in [6, 6.07) is 3.66. The smallest absolute Gasteiger partial charge is 0.324 e. The summed E-state index contributed by atoms with van der Waals surface area (Å²) in [5.74, 6) is -0.531. The van der Waals surface area contributed by atoms with Gasteiger partial charge in [-0.05, 0) is 47.0 Å². The fourth-order valence-electron chi connectivity index (χ4n) is 2.22. The van der Waals surface area contributed by atoms with Gasteiger partial charge >= 0.3 is 5.97 Å². The van der Waals surface area contributed by atoms with Crippen LogP contribution in [0.1, 0.15) is 12.8 Å². The number of esters is 1. The van der Waals surface area contributed by atoms with Gasteiger partial charge in [-0.3, -0.25) is 4.79 Å². The molecule has 8 heteroatoms. The number of benzene rings is 1. The lowest BCUT2D eigenvalue weighted by atomic mass is 10.2. The molecule has 0 amide bonds. The molecule has 1 fully saturated rings. The van der Waals surface area contributed by atoms with E-state index in [2.05, 4.69) is 20.7 Å². The first-order chi connectivity index (χ1) is 9.37. The highest BCUT2D eigenvalue weighted by Crippen LogP contribution is 2.29. The minimum atomic E-state index is -3.75. The molecule has 1 unspecified atom stereocenters. The van der Waals surface area contributed by atoms with E-state index in [1.54, 1.807) is 6.07 Å². The number of methoxy groups -OCH3 is 1. The van der Waals surface area contributed by atoms with Gasteiger partial charge in [0.2, 0.25) is 10.0 Å². The Balaban J connectivity index is 2.38. The molecule has 110 valence electrons. The van der Waals surface area contributed by atoms with Gasteiger partial charge in [0, 0.05) is 16.7 Å². The van der Waals surface area contributed by atoms with Crippen LogP contribution in [0.5, 0.6) is 0 Å². The summed E-state index contributed by atoms with van der Waals surface area (Å²) >= 11 is 3.22. The SMILES string of the molecule is COC(=O)C1CCCN1S(=O)(=O)c1ccc(Br)c(N)c1. The van der Waals surface area contributed by atoms with E-state index in [-0.39, 0.29) is 4.90 Å². The maximum absolute atomic E-state index is 12.6. The predicted octanol–water partition coefficient (Wildman–Crippen LogP) is 1.36. The Morgan fingerprint density at radius 2 is 2.20 bits per heavy atom. The molecule has 0 radical (unpaired) electrons. The van der Waals surface area contributed by atoms with Crippen LogP contribution in [-0.2, 0) is 19.6 Å². The number of rotatable bonds is 3. The maximum Gasteiger partial charge on any atom is 0.324 e. The zero-order valence-electron chi connectivity index (χ0n) is 10.9. The Morgan fingerprint density at radius 1 is 1.50 bits per heavy atom. The monoisotopic (exact) mass is 362 g/mol. The number of carbonyl (C=O) groups excluding carboxylic acids is 1. The third-order valence-corrected chi connectivity index (χ3v) is 5.88. The van der Waals surface area contributed by atoms with Crippen LogP contribution in [0.4, 0.5) is 5.69 Å². The fourth-order valence-corrected chi connectivity index (χ4v) is 4.15. The first-order valence-electron chi connectivity index (χ1n) is 6.02. The van der Waals surface area contributed by atoms with E-state index >= 15 is 0 Å². The molecule has 1 aliphatic heterocycles. The van der Waals surface area contributed by atoms with Crippen LogP contribution >= 0.6 is 15.9 Å². The van der Waals surface area contributed by atoms with Crippen molar-refractivity contribution in [3.63, 3.8) is 0 Å². The average molecular weight is 363 g/mol. The average Bonchev–Trinajstić information content (AvgIpc) is 2.90. The van der Waals surface area contributed by atoms with Crippen molar-refractivity contribution in [3.8, 4) is 0 Å². The molecule has 0 aliphatic carbocycles. The molecule has 0 aromatic heterocycles. The largest absolute Gasteiger partial charge is 0.468 e. The molecule has 1 aromatic carbocycles. The van der Waals surface area contributed by atoms with Crippen LogP contribution < -0.4 is 5.73 Å². The Bertz CT molecular complexity index is 632. The summed E-state index contributed by atoms with van der Waals surface area (Å²) in [4.78, 5) is 11.7. The molecule has 1 saturated heterocycles. The first kappa shape index (κ1) is 15.3. The number of sulfonamides is 1. The van der Waals surface area contributed by atoms with Crippen molar-refractivity contribution in [3.05, 3.63) is 22.7 Å². The van der Waals surface area contributed by atoms with E-state index in [4.69, 9.17) is 5.73 Å². The molecule has 0 spiro atoms. The summed E-state index contributed by atoms with van der Waals surface area (Å²) in [6.45, 7) is 0.304. The van der Waals surface area contributed by atoms with E-state index in [0.29, 0.717) is 29.5 Å². The highest BCUT2D eigenvalue weighted by atomic mass is 79.9. The normalized spacial score (nSPS) is 20.0. The molecule has 6 nitrogen and oxygen atoms in total. The van der Waals surface area contributed by atoms with Crippen LogP contribution in [0.25, 0.3) is 0 Å². The van der Waals surface area contributed by atoms with Gasteiger partial charge in [0.25, 0.3) is 0 Å². The Labute approximate surface area is 126 Å². The van der Waals surface area contributed by atoms with Crippen LogP contribution in [0.2, 0.25) is 0 Å². The van der Waals surface area contributed by atoms with Gasteiger partial charge < -0.3 is 10.5 Å². The molecular formula is C12H15BrN2O4S. The highest BCUT2D eigenvalue weighted by molar-refractivity contribution is 9.10. The lowest BCUT2D eigenvalue weighted by Gasteiger charge is -2.22. The van der Waals surface area contributed by atoms with Gasteiger partial charge in [0.1, 0.15) is 6.04 Å². The number of anilines is 1. The van der Waals surface area contributed by atoms with Crippen LogP contribution in [0.3, 0.4) is 0 Å². The maximum atomic E-state index is 12.6. The molecule has 2 N–H and O–H groups in total. The number of ether oxygens (including phenoxy) is 1. The van der Waals surface area contributed by atoms with Gasteiger partial charge in [-0.25, -0.2) is 8.42 Å². The minimum absolute atomic E-state index is 0.0778. The van der Waals surface area contributed by atoms with Gasteiger partial charge in [-0.2, -0.15) is 4.31 Å². The van der Waals surface area contributed by atoms with Crippen molar-refractivity contribution in [2.75, 3.05) is 19.4 Å². The number of halogens is 1. The fraction of sp³-hybridized carbons (Fsp3) is 0.417. The lowest BCUT2D eigenvalue weighted by Crippen LogP contribution is -2.41. The van der Waals surface area contributed by atoms with Crippen molar-refractivity contribution < 1.29 is 17.9 Å². The zero-order chi connectivity index (χ0) is 14.9. The molecule has 1 atom stereocenters. The second-order valence-corrected chi connectivity index (χ2v) is 7.23. The van der Waals surface area contributed by atoms with Crippen LogP contribution in [0, 0.1) is 0 Å². The first-order valence-corrected chi connectivity index (χ1v) is 8.26. The summed E-state index contributed by atoms with van der Waals surface area (Å²) in [7, 11) is -2.50. The van der Waals surface area contributed by atoms with Crippen molar-refractivity contribution in [2.45, 2.75) is 23.8 Å². The minimum Gasteiger partial charge on any atom is -0.468 e. The number of nitrogen functional groups attached to an aromatic ring is 1. The topological polar surface area (TPSA) is 89.7 Å². The van der Waals surface area contributed by atoms with E-state index in [0.717, 1.165) is 0 Å². The summed E-state index contributed by atoms with van der Waals surface area (Å²) in [6.07, 6.45) is 1.10. The van der Waals surface area contributed by atoms with Gasteiger partial charge in [0.15, 0.2) is 0 Å². The standard InChI is InChI=1S/C12H15BrN2O4S/c1-19-12(16)11-3-2-6-15(11)20(17,18)8-4-5-9(13)10(14)7-8/h4-5,7,11H,2-3,6,14H2,1H3. The van der Waals surface area contributed by atoms with Crippen molar-refractivity contribution in [1.29, 1.82) is 0 Å². The Morgan fingerprint density at radius 3 is 2.80 bits per heavy atom. The molecule has 0 saturated carbocycles. The van der Waals surface area contributed by atoms with Gasteiger partial charge in [0.05, 0.1) is 12.0 Å². The summed E-state index contributed by atoms with van der Waals surface area (Å²) in [5, 5.41) is 0. The van der Waals surface area contributed by atoms with Gasteiger partial charge in [-0.1, -0.05) is 0 Å². The highest BCUT2D eigenvalue weighted by Gasteiger charge is 2.40. The second kappa shape index (κ2) is 5.71. The lowest BCUT2D eigenvalue weighted by molar-refractivity contribution is -0.144. The van der Waals surface area contributed by atoms with Crippen molar-refractivity contribution >= 4 is 37.6 Å². The molecule has 2 rings (SSSR count). The van der Waals surface area contributed by atoms with E-state index in [1.807, 2.05) is 0 Å². The molecule has 1 aliphatic rings. The van der Waals surface area contributed by atoms with Crippen molar-refractivity contribution in [1.82, 2.24) is 4.31 Å². The van der Waals surface area contributed by atoms with E-state index < -0.39 is 22.0 Å². The Hall–Kier alpha value is -1.12. The molecule has 0 bridgehead atoms. The van der Waals surface area contributed by atoms with Crippen molar-refractivity contribution in [2.24, 2.45) is 0 Å². The molecule has 20 heavy (non-hydrogen) atoms. The molecule has 1 heterocycles. The van der Waals surface area contributed by atoms with Gasteiger partial charge in [-0.15, -0.1) is 0 Å². The summed E-state index contributed by atoms with van der Waals surface area (Å²) in [5.41, 5.74) is 6.05. The Kier molecular flexibility index (Phi) is 4.36. The van der Waals surface area contributed by atoms with E-state index in [1.165, 1.54) is 23.5 Å². The van der Waals surface area contributed by atoms with Crippen LogP contribution in [0.15, 0.2) is 27.6 Å². The zero-order valence-corrected chi connectivity index (χ0v) is 13.3. The number of hydrogen-bond donors (Lipinski definition) is 1. The summed E-state index contributed by atoms with van der Waals surface area (Å²) < 4.78 is 31.6. The van der Waals surface area contributed by atoms with Crippen LogP contribution in [-0.4, -0.2) is 38.4 Å². The third kappa shape index (κ3) is 2.68. The number of hydrogen-bond acceptors (Lipinski definition) is 5. The molecular weight excluding hydrogens is 348 g/mol. The number of nitrogens with two attached hydrogens (primary N) is 1. The van der Waals surface area contributed by atoms with E-state index in [9.17, 15) is 13.2 Å². The third-order valence-electron chi connectivity index (χ3n) is 3.25. The quantitative estimate of drug-likeness (QED) is 0.647. The molecule has 1 aromatic rings. The number of carbonyl (C=O) groups is 1.